The summed E-state index contributed by atoms with van der Waals surface area (Å²) in [5.41, 5.74) is 1.99. The Kier molecular flexibility index (Phi) is 6.55. The van der Waals surface area contributed by atoms with Crippen LogP contribution in [0.15, 0.2) is 29.1 Å². The maximum Gasteiger partial charge on any atom is 0.269 e. The molecule has 0 amide bonds. The van der Waals surface area contributed by atoms with E-state index >= 15 is 0 Å². The average Bonchev–Trinajstić information content (AvgIpc) is 3.34. The van der Waals surface area contributed by atoms with Gasteiger partial charge in [-0.2, -0.15) is 0 Å². The highest BCUT2D eigenvalue weighted by atomic mass is 31.2. The molecule has 174 valence electrons. The van der Waals surface area contributed by atoms with Gasteiger partial charge in [0.05, 0.1) is 6.61 Å². The number of rotatable bonds is 6. The molecule has 7 nitrogen and oxygen atoms in total. The number of H-pyrrole nitrogens is 1. The normalized spacial score (nSPS) is 23.4. The number of pyridine rings is 1. The molecular formula is C24H35N4O3P. The highest BCUT2D eigenvalue weighted by Gasteiger charge is 2.32. The minimum Gasteiger partial charge on any atom is -0.325 e. The van der Waals surface area contributed by atoms with Crippen molar-refractivity contribution in [1.29, 1.82) is 0 Å². The molecule has 2 fully saturated rings. The van der Waals surface area contributed by atoms with Crippen LogP contribution in [0, 0.1) is 0 Å². The van der Waals surface area contributed by atoms with E-state index in [4.69, 9.17) is 4.52 Å². The molecule has 3 aliphatic rings. The minimum absolute atomic E-state index is 0.0442. The molecule has 0 aliphatic carbocycles. The molecule has 1 N–H and O–H groups in total. The fraction of sp³-hybridized carbons (Fsp3) is 0.625. The molecule has 0 bridgehead atoms. The first-order valence-corrected chi connectivity index (χ1v) is 14.1. The molecule has 32 heavy (non-hydrogen) atoms. The van der Waals surface area contributed by atoms with Crippen LogP contribution in [-0.2, 0) is 22.1 Å². The highest BCUT2D eigenvalue weighted by molar-refractivity contribution is 7.55. The third-order valence-corrected chi connectivity index (χ3v) is 9.58. The molecule has 2 aromatic rings. The van der Waals surface area contributed by atoms with E-state index < -0.39 is 7.52 Å². The summed E-state index contributed by atoms with van der Waals surface area (Å²) in [5, 5.41) is 1.65. The third-order valence-electron chi connectivity index (χ3n) is 7.55. The van der Waals surface area contributed by atoms with E-state index in [0.29, 0.717) is 31.5 Å². The van der Waals surface area contributed by atoms with Gasteiger partial charge in [0.2, 0.25) is 0 Å². The molecule has 4 heterocycles. The fourth-order valence-corrected chi connectivity index (χ4v) is 7.07. The molecule has 2 saturated heterocycles. The molecule has 0 radical (unpaired) electrons. The number of hydrogen-bond donors (Lipinski definition) is 1. The fourth-order valence-electron chi connectivity index (χ4n) is 5.63. The molecule has 5 rings (SSSR count). The van der Waals surface area contributed by atoms with Crippen LogP contribution in [0.1, 0.15) is 36.9 Å². The molecule has 8 heteroatoms. The summed E-state index contributed by atoms with van der Waals surface area (Å²) in [6.45, 7) is 9.01. The minimum atomic E-state index is -2.90. The number of fused-ring (bicyclic) bond motifs is 3. The van der Waals surface area contributed by atoms with Gasteiger partial charge in [0, 0.05) is 49.8 Å². The first-order valence-electron chi connectivity index (χ1n) is 12.1. The Balaban J connectivity index is 1.16. The van der Waals surface area contributed by atoms with E-state index in [2.05, 4.69) is 14.8 Å². The number of benzene rings is 1. The lowest BCUT2D eigenvalue weighted by molar-refractivity contribution is 0.112. The molecule has 0 saturated carbocycles. The van der Waals surface area contributed by atoms with E-state index in [1.54, 1.807) is 6.66 Å². The van der Waals surface area contributed by atoms with Gasteiger partial charge in [0.15, 0.2) is 0 Å². The lowest BCUT2D eigenvalue weighted by Gasteiger charge is -2.37. The first kappa shape index (κ1) is 22.3. The molecule has 1 aromatic heterocycles. The Bertz CT molecular complexity index is 1060. The van der Waals surface area contributed by atoms with Gasteiger partial charge in [0.1, 0.15) is 0 Å². The van der Waals surface area contributed by atoms with Crippen LogP contribution in [0.4, 0.5) is 0 Å². The number of likely N-dealkylation sites (tertiary alicyclic amines) is 2. The summed E-state index contributed by atoms with van der Waals surface area (Å²) >= 11 is 0. The topological polar surface area (TPSA) is 68.9 Å². The number of nitrogens with one attached hydrogen (secondary N) is 1. The van der Waals surface area contributed by atoms with Crippen LogP contribution in [0.2, 0.25) is 0 Å². The molecule has 3 aliphatic heterocycles. The Morgan fingerprint density at radius 3 is 2.53 bits per heavy atom. The molecule has 1 atom stereocenters. The van der Waals surface area contributed by atoms with Gasteiger partial charge in [-0.3, -0.25) is 9.36 Å². The van der Waals surface area contributed by atoms with Crippen molar-refractivity contribution in [3.8, 4) is 0 Å². The summed E-state index contributed by atoms with van der Waals surface area (Å²) in [6, 6.07) is 8.42. The van der Waals surface area contributed by atoms with Crippen molar-refractivity contribution in [3.05, 3.63) is 45.9 Å². The van der Waals surface area contributed by atoms with Crippen LogP contribution in [0.5, 0.6) is 0 Å². The van der Waals surface area contributed by atoms with Gasteiger partial charge >= 0.3 is 0 Å². The maximum atomic E-state index is 13.5. The summed E-state index contributed by atoms with van der Waals surface area (Å²) < 4.78 is 21.4. The van der Waals surface area contributed by atoms with Gasteiger partial charge in [-0.25, -0.2) is 4.67 Å². The Hall–Kier alpha value is -1.50. The van der Waals surface area contributed by atoms with Crippen LogP contribution in [-0.4, -0.2) is 78.0 Å². The molecule has 0 spiro atoms. The predicted molar refractivity (Wildman–Crippen MR) is 128 cm³/mol. The van der Waals surface area contributed by atoms with E-state index in [-0.39, 0.29) is 5.56 Å². The van der Waals surface area contributed by atoms with Crippen molar-refractivity contribution in [3.63, 3.8) is 0 Å². The van der Waals surface area contributed by atoms with Gasteiger partial charge in [0.25, 0.3) is 13.1 Å². The van der Waals surface area contributed by atoms with Crippen LogP contribution < -0.4 is 5.56 Å². The first-order chi connectivity index (χ1) is 15.5. The lowest BCUT2D eigenvalue weighted by Crippen LogP contribution is -2.44. The second-order valence-corrected chi connectivity index (χ2v) is 12.0. The summed E-state index contributed by atoms with van der Waals surface area (Å²) in [4.78, 5) is 20.5. The molecule has 1 aromatic carbocycles. The smallest absolute Gasteiger partial charge is 0.269 e. The zero-order valence-corrected chi connectivity index (χ0v) is 20.0. The summed E-state index contributed by atoms with van der Waals surface area (Å²) in [6.07, 6.45) is 5.86. The monoisotopic (exact) mass is 458 g/mol. The van der Waals surface area contributed by atoms with Crippen LogP contribution in [0.3, 0.4) is 0 Å². The number of aromatic amines is 1. The second kappa shape index (κ2) is 9.40. The molecular weight excluding hydrogens is 423 g/mol. The Morgan fingerprint density at radius 2 is 1.78 bits per heavy atom. The third kappa shape index (κ3) is 4.59. The predicted octanol–water partition coefficient (Wildman–Crippen LogP) is 3.29. The maximum absolute atomic E-state index is 13.5. The van der Waals surface area contributed by atoms with E-state index in [1.807, 2.05) is 28.9 Å². The van der Waals surface area contributed by atoms with Gasteiger partial charge in [-0.05, 0) is 68.9 Å². The van der Waals surface area contributed by atoms with Gasteiger partial charge < -0.3 is 19.3 Å². The Morgan fingerprint density at radius 1 is 1.06 bits per heavy atom. The number of aromatic nitrogens is 1. The van der Waals surface area contributed by atoms with E-state index in [0.717, 1.165) is 42.3 Å². The highest BCUT2D eigenvalue weighted by Crippen LogP contribution is 2.49. The zero-order chi connectivity index (χ0) is 22.1. The number of nitrogens with zero attached hydrogens (tertiary/aromatic N) is 3. The summed E-state index contributed by atoms with van der Waals surface area (Å²) in [7, 11) is -2.90. The van der Waals surface area contributed by atoms with Crippen LogP contribution >= 0.6 is 7.52 Å². The van der Waals surface area contributed by atoms with Crippen molar-refractivity contribution >= 4 is 18.3 Å². The zero-order valence-electron chi connectivity index (χ0n) is 19.1. The van der Waals surface area contributed by atoms with Crippen molar-refractivity contribution in [2.45, 2.75) is 44.7 Å². The van der Waals surface area contributed by atoms with Crippen molar-refractivity contribution in [2.75, 3.05) is 52.5 Å². The SMILES string of the molecule is CP(=O)(OCCN1CCC(N2CCCC2)CC1)N1CCc2[nH]c(=O)c3ccccc3c2C1. The van der Waals surface area contributed by atoms with Gasteiger partial charge in [-0.1, -0.05) is 18.2 Å². The largest absolute Gasteiger partial charge is 0.325 e. The number of hydrogen-bond acceptors (Lipinski definition) is 5. The lowest BCUT2D eigenvalue weighted by atomic mass is 10.0. The van der Waals surface area contributed by atoms with Crippen LogP contribution in [0.25, 0.3) is 10.8 Å². The number of piperidine rings is 1. The van der Waals surface area contributed by atoms with Crippen molar-refractivity contribution < 1.29 is 9.09 Å². The van der Waals surface area contributed by atoms with Crippen molar-refractivity contribution in [2.24, 2.45) is 0 Å². The second-order valence-electron chi connectivity index (χ2n) is 9.55. The van der Waals surface area contributed by atoms with Gasteiger partial charge in [-0.15, -0.1) is 0 Å². The summed E-state index contributed by atoms with van der Waals surface area (Å²) in [5.74, 6) is 0. The standard InChI is InChI=1S/C24H35N4O3P/c1-32(30,31-17-16-26-13-8-19(9-14-26)27-11-4-5-12-27)28-15-10-23-22(18-28)20-6-2-3-7-21(20)24(29)25-23/h2-3,6-7,19H,4-5,8-18H2,1H3,(H,25,29). The van der Waals surface area contributed by atoms with Crippen molar-refractivity contribution in [1.82, 2.24) is 19.5 Å². The van der Waals surface area contributed by atoms with E-state index in [9.17, 15) is 9.36 Å². The molecule has 1 unspecified atom stereocenters. The average molecular weight is 459 g/mol. The quantitative estimate of drug-likeness (QED) is 0.670. The Labute approximate surface area is 190 Å². The van der Waals surface area contributed by atoms with E-state index in [1.165, 1.54) is 38.8 Å².